The monoisotopic (exact) mass is 234 g/mol. The minimum absolute atomic E-state index is 0.110. The van der Waals surface area contributed by atoms with E-state index < -0.39 is 6.43 Å². The Bertz CT molecular complexity index is 521. The third kappa shape index (κ3) is 2.36. The number of nitrogen functional groups attached to an aromatic ring is 2. The summed E-state index contributed by atoms with van der Waals surface area (Å²) in [5.74, 6) is 0. The van der Waals surface area contributed by atoms with Gasteiger partial charge in [-0.15, -0.1) is 0 Å². The summed E-state index contributed by atoms with van der Waals surface area (Å²) in [6, 6.07) is 11.7. The highest BCUT2D eigenvalue weighted by Gasteiger charge is 2.12. The van der Waals surface area contributed by atoms with Crippen molar-refractivity contribution in [2.45, 2.75) is 6.43 Å². The maximum Gasteiger partial charge on any atom is 0.265 e. The number of hydrogen-bond acceptors (Lipinski definition) is 2. The van der Waals surface area contributed by atoms with Crippen LogP contribution in [-0.2, 0) is 0 Å². The average molecular weight is 234 g/mol. The fraction of sp³-hybridized carbons (Fsp3) is 0.0769. The van der Waals surface area contributed by atoms with Gasteiger partial charge in [-0.2, -0.15) is 0 Å². The van der Waals surface area contributed by atoms with E-state index in [4.69, 9.17) is 11.5 Å². The molecule has 2 aromatic rings. The molecule has 0 aliphatic carbocycles. The molecule has 2 aromatic carbocycles. The van der Waals surface area contributed by atoms with Crippen molar-refractivity contribution in [2.24, 2.45) is 0 Å². The van der Waals surface area contributed by atoms with Crippen LogP contribution in [0.3, 0.4) is 0 Å². The molecule has 17 heavy (non-hydrogen) atoms. The van der Waals surface area contributed by atoms with Crippen LogP contribution in [0.15, 0.2) is 42.5 Å². The Kier molecular flexibility index (Phi) is 2.95. The van der Waals surface area contributed by atoms with Gasteiger partial charge in [0.25, 0.3) is 6.43 Å². The Morgan fingerprint density at radius 3 is 2.00 bits per heavy atom. The molecule has 0 aliphatic heterocycles. The van der Waals surface area contributed by atoms with Gasteiger partial charge >= 0.3 is 0 Å². The molecule has 0 saturated carbocycles. The van der Waals surface area contributed by atoms with Gasteiger partial charge in [0.15, 0.2) is 0 Å². The molecule has 0 saturated heterocycles. The van der Waals surface area contributed by atoms with Crippen molar-refractivity contribution in [1.82, 2.24) is 0 Å². The van der Waals surface area contributed by atoms with E-state index in [1.165, 1.54) is 12.1 Å². The van der Waals surface area contributed by atoms with E-state index in [0.29, 0.717) is 11.3 Å². The molecule has 0 unspecified atom stereocenters. The largest absolute Gasteiger partial charge is 0.399 e. The summed E-state index contributed by atoms with van der Waals surface area (Å²) in [5.41, 5.74) is 13.2. The van der Waals surface area contributed by atoms with Crippen LogP contribution in [0.4, 0.5) is 20.2 Å². The number of rotatable bonds is 2. The second-order valence-electron chi connectivity index (χ2n) is 3.77. The van der Waals surface area contributed by atoms with Crippen molar-refractivity contribution in [3.63, 3.8) is 0 Å². The molecule has 0 atom stereocenters. The number of alkyl halides is 2. The molecule has 0 aromatic heterocycles. The van der Waals surface area contributed by atoms with Gasteiger partial charge in [0, 0.05) is 16.9 Å². The summed E-state index contributed by atoms with van der Waals surface area (Å²) < 4.78 is 25.4. The summed E-state index contributed by atoms with van der Waals surface area (Å²) in [5, 5.41) is 0. The fourth-order valence-corrected chi connectivity index (χ4v) is 1.62. The molecule has 2 nitrogen and oxygen atoms in total. The van der Waals surface area contributed by atoms with E-state index in [9.17, 15) is 8.78 Å². The Morgan fingerprint density at radius 1 is 0.824 bits per heavy atom. The first-order chi connectivity index (χ1) is 8.08. The first-order valence-corrected chi connectivity index (χ1v) is 5.11. The van der Waals surface area contributed by atoms with Crippen molar-refractivity contribution in [2.75, 3.05) is 11.5 Å². The van der Waals surface area contributed by atoms with Gasteiger partial charge in [0.2, 0.25) is 0 Å². The molecular formula is C13H12F2N2. The third-order valence-electron chi connectivity index (χ3n) is 2.57. The number of anilines is 2. The van der Waals surface area contributed by atoms with Gasteiger partial charge in [-0.3, -0.25) is 0 Å². The predicted molar refractivity (Wildman–Crippen MR) is 65.7 cm³/mol. The second-order valence-corrected chi connectivity index (χ2v) is 3.77. The average Bonchev–Trinajstić information content (AvgIpc) is 2.30. The lowest BCUT2D eigenvalue weighted by atomic mass is 10.0. The predicted octanol–water partition coefficient (Wildman–Crippen LogP) is 3.46. The number of hydrogen-bond donors (Lipinski definition) is 2. The van der Waals surface area contributed by atoms with E-state index in [1.54, 1.807) is 30.3 Å². The van der Waals surface area contributed by atoms with Crippen LogP contribution in [0.5, 0.6) is 0 Å². The van der Waals surface area contributed by atoms with Gasteiger partial charge < -0.3 is 11.5 Å². The number of benzene rings is 2. The zero-order valence-electron chi connectivity index (χ0n) is 9.03. The van der Waals surface area contributed by atoms with Gasteiger partial charge in [-0.05, 0) is 35.4 Å². The van der Waals surface area contributed by atoms with Crippen molar-refractivity contribution in [3.8, 4) is 11.1 Å². The molecule has 88 valence electrons. The maximum absolute atomic E-state index is 12.7. The molecule has 0 fully saturated rings. The summed E-state index contributed by atoms with van der Waals surface area (Å²) in [7, 11) is 0. The van der Waals surface area contributed by atoms with Crippen LogP contribution in [0.1, 0.15) is 12.0 Å². The molecule has 0 amide bonds. The molecule has 0 spiro atoms. The zero-order chi connectivity index (χ0) is 12.4. The number of nitrogens with two attached hydrogens (primary N) is 2. The van der Waals surface area contributed by atoms with Crippen molar-refractivity contribution in [1.29, 1.82) is 0 Å². The van der Waals surface area contributed by atoms with Crippen LogP contribution in [0.25, 0.3) is 11.1 Å². The number of halogens is 2. The van der Waals surface area contributed by atoms with Crippen molar-refractivity contribution < 1.29 is 8.78 Å². The summed E-state index contributed by atoms with van der Waals surface area (Å²) >= 11 is 0. The van der Waals surface area contributed by atoms with Crippen LogP contribution in [0.2, 0.25) is 0 Å². The lowest BCUT2D eigenvalue weighted by Gasteiger charge is -2.08. The van der Waals surface area contributed by atoms with Gasteiger partial charge in [0.1, 0.15) is 0 Å². The maximum atomic E-state index is 12.7. The lowest BCUT2D eigenvalue weighted by Crippen LogP contribution is -1.95. The van der Waals surface area contributed by atoms with Crippen LogP contribution in [-0.4, -0.2) is 0 Å². The highest BCUT2D eigenvalue weighted by Crippen LogP contribution is 2.30. The van der Waals surface area contributed by atoms with Crippen molar-refractivity contribution in [3.05, 3.63) is 48.0 Å². The van der Waals surface area contributed by atoms with Crippen LogP contribution >= 0.6 is 0 Å². The summed E-state index contributed by atoms with van der Waals surface area (Å²) in [4.78, 5) is 0. The molecule has 0 radical (unpaired) electrons. The van der Waals surface area contributed by atoms with E-state index in [0.717, 1.165) is 5.56 Å². The van der Waals surface area contributed by atoms with Crippen molar-refractivity contribution >= 4 is 11.4 Å². The Hall–Kier alpha value is -2.10. The molecule has 2 rings (SSSR count). The molecule has 0 heterocycles. The standard InChI is InChI=1S/C13H12F2N2/c14-13(15)11-7-9(3-6-12(11)17)8-1-4-10(16)5-2-8/h1-7,13H,16-17H2. The second kappa shape index (κ2) is 4.41. The Balaban J connectivity index is 2.46. The molecule has 4 heteroatoms. The Morgan fingerprint density at radius 2 is 1.41 bits per heavy atom. The summed E-state index contributed by atoms with van der Waals surface area (Å²) in [6.45, 7) is 0. The highest BCUT2D eigenvalue weighted by molar-refractivity contribution is 5.69. The topological polar surface area (TPSA) is 52.0 Å². The Labute approximate surface area is 97.9 Å². The van der Waals surface area contributed by atoms with E-state index in [1.807, 2.05) is 0 Å². The minimum atomic E-state index is -2.57. The zero-order valence-corrected chi connectivity index (χ0v) is 9.03. The fourth-order valence-electron chi connectivity index (χ4n) is 1.62. The van der Waals surface area contributed by atoms with E-state index >= 15 is 0 Å². The molecular weight excluding hydrogens is 222 g/mol. The SMILES string of the molecule is Nc1ccc(-c2ccc(N)c(C(F)F)c2)cc1. The summed E-state index contributed by atoms with van der Waals surface area (Å²) in [6.07, 6.45) is -2.57. The quantitative estimate of drug-likeness (QED) is 0.782. The van der Waals surface area contributed by atoms with Gasteiger partial charge in [-0.25, -0.2) is 8.78 Å². The van der Waals surface area contributed by atoms with Gasteiger partial charge in [-0.1, -0.05) is 18.2 Å². The molecule has 0 bridgehead atoms. The first kappa shape index (κ1) is 11.4. The highest BCUT2D eigenvalue weighted by atomic mass is 19.3. The molecule has 4 N–H and O–H groups in total. The van der Waals surface area contributed by atoms with E-state index in [2.05, 4.69) is 0 Å². The van der Waals surface area contributed by atoms with Crippen LogP contribution in [0, 0.1) is 0 Å². The lowest BCUT2D eigenvalue weighted by molar-refractivity contribution is 0.152. The smallest absolute Gasteiger partial charge is 0.265 e. The van der Waals surface area contributed by atoms with E-state index in [-0.39, 0.29) is 11.3 Å². The molecule has 0 aliphatic rings. The minimum Gasteiger partial charge on any atom is -0.399 e. The first-order valence-electron chi connectivity index (χ1n) is 5.11. The third-order valence-corrected chi connectivity index (χ3v) is 2.57. The van der Waals surface area contributed by atoms with Crippen LogP contribution < -0.4 is 11.5 Å². The van der Waals surface area contributed by atoms with Gasteiger partial charge in [0.05, 0.1) is 0 Å². The normalized spacial score (nSPS) is 10.8.